The Bertz CT molecular complexity index is 1080. The lowest BCUT2D eigenvalue weighted by atomic mass is 10.3. The second kappa shape index (κ2) is 6.11. The smallest absolute Gasteiger partial charge is 0.233 e. The van der Waals surface area contributed by atoms with Crippen molar-refractivity contribution in [3.63, 3.8) is 0 Å². The van der Waals surface area contributed by atoms with Crippen molar-refractivity contribution < 1.29 is 9.84 Å². The Kier molecular flexibility index (Phi) is 3.89. The maximum absolute atomic E-state index is 9.75. The minimum Gasteiger partial charge on any atom is -0.480 e. The second-order valence-electron chi connectivity index (χ2n) is 5.79. The molecule has 0 aliphatic carbocycles. The number of methoxy groups -OCH3 is 1. The Balaban J connectivity index is 2.07. The first-order valence-corrected chi connectivity index (χ1v) is 8.21. The summed E-state index contributed by atoms with van der Waals surface area (Å²) in [4.78, 5) is 13.1. The molecule has 26 heavy (non-hydrogen) atoms. The molecule has 134 valence electrons. The minimum absolute atomic E-state index is 0.331. The number of nitrogens with one attached hydrogen (secondary N) is 1. The van der Waals surface area contributed by atoms with E-state index in [-0.39, 0.29) is 0 Å². The van der Waals surface area contributed by atoms with Gasteiger partial charge in [0.1, 0.15) is 28.0 Å². The van der Waals surface area contributed by atoms with E-state index in [9.17, 15) is 5.11 Å². The van der Waals surface area contributed by atoms with Crippen molar-refractivity contribution in [2.75, 3.05) is 7.11 Å². The topological polar surface area (TPSA) is 107 Å². The van der Waals surface area contributed by atoms with Crippen LogP contribution in [0.3, 0.4) is 0 Å². The van der Waals surface area contributed by atoms with Crippen molar-refractivity contribution in [2.24, 2.45) is 7.05 Å². The van der Waals surface area contributed by atoms with Crippen LogP contribution in [0.1, 0.15) is 18.9 Å². The van der Waals surface area contributed by atoms with Gasteiger partial charge in [-0.15, -0.1) is 0 Å². The molecule has 1 atom stereocenters. The van der Waals surface area contributed by atoms with Crippen LogP contribution in [0.4, 0.5) is 0 Å². The normalized spacial score (nSPS) is 12.7. The van der Waals surface area contributed by atoms with E-state index in [2.05, 4.69) is 25.1 Å². The number of aromatic nitrogens is 7. The second-order valence-corrected chi connectivity index (χ2v) is 6.20. The molecule has 0 fully saturated rings. The van der Waals surface area contributed by atoms with Crippen LogP contribution >= 0.6 is 11.6 Å². The summed E-state index contributed by atoms with van der Waals surface area (Å²) in [6.45, 7) is 1.62. The number of hydrogen-bond donors (Lipinski definition) is 2. The SMILES string of the molecule is COc1nc2c(-n3ccnc3)c(-c3n[nH]c([C@@H](C)O)n3)n(C)c2cc1Cl. The van der Waals surface area contributed by atoms with Crippen LogP contribution in [0, 0.1) is 0 Å². The van der Waals surface area contributed by atoms with Gasteiger partial charge in [0.15, 0.2) is 11.6 Å². The number of imidazole rings is 1. The van der Waals surface area contributed by atoms with Crippen molar-refractivity contribution in [1.82, 2.24) is 34.3 Å². The van der Waals surface area contributed by atoms with Gasteiger partial charge in [0.2, 0.25) is 5.88 Å². The third-order valence-electron chi connectivity index (χ3n) is 4.14. The van der Waals surface area contributed by atoms with Gasteiger partial charge in [-0.2, -0.15) is 5.10 Å². The summed E-state index contributed by atoms with van der Waals surface area (Å²) < 4.78 is 9.00. The van der Waals surface area contributed by atoms with Gasteiger partial charge in [0.25, 0.3) is 0 Å². The van der Waals surface area contributed by atoms with Gasteiger partial charge in [0.05, 0.1) is 19.0 Å². The zero-order chi connectivity index (χ0) is 18.4. The molecule has 0 aliphatic rings. The van der Waals surface area contributed by atoms with Crippen LogP contribution < -0.4 is 4.74 Å². The first kappa shape index (κ1) is 16.6. The predicted octanol–water partition coefficient (Wildman–Crippen LogP) is 2.26. The summed E-state index contributed by atoms with van der Waals surface area (Å²) in [6.07, 6.45) is 4.40. The molecule has 4 rings (SSSR count). The van der Waals surface area contributed by atoms with Crippen LogP contribution in [0.5, 0.6) is 5.88 Å². The third-order valence-corrected chi connectivity index (χ3v) is 4.41. The monoisotopic (exact) mass is 373 g/mol. The van der Waals surface area contributed by atoms with Crippen molar-refractivity contribution >= 4 is 22.6 Å². The van der Waals surface area contributed by atoms with Crippen LogP contribution in [0.2, 0.25) is 5.02 Å². The number of fused-ring (bicyclic) bond motifs is 1. The van der Waals surface area contributed by atoms with Gasteiger partial charge in [-0.05, 0) is 13.0 Å². The summed E-state index contributed by atoms with van der Waals surface area (Å²) in [5.41, 5.74) is 2.91. The molecule has 10 heteroatoms. The Morgan fingerprint density at radius 1 is 1.35 bits per heavy atom. The molecule has 2 N–H and O–H groups in total. The summed E-state index contributed by atoms with van der Waals surface area (Å²) >= 11 is 6.26. The number of rotatable bonds is 4. The zero-order valence-electron chi connectivity index (χ0n) is 14.3. The number of aliphatic hydroxyl groups is 1. The van der Waals surface area contributed by atoms with E-state index in [4.69, 9.17) is 16.3 Å². The van der Waals surface area contributed by atoms with E-state index in [1.165, 1.54) is 7.11 Å². The van der Waals surface area contributed by atoms with Gasteiger partial charge >= 0.3 is 0 Å². The number of halogens is 1. The molecule has 4 heterocycles. The van der Waals surface area contributed by atoms with Gasteiger partial charge in [-0.1, -0.05) is 11.6 Å². The lowest BCUT2D eigenvalue weighted by Crippen LogP contribution is -1.99. The van der Waals surface area contributed by atoms with Crippen molar-refractivity contribution in [3.8, 4) is 23.1 Å². The number of H-pyrrole nitrogens is 1. The molecular formula is C16H16ClN7O2. The maximum atomic E-state index is 9.75. The predicted molar refractivity (Wildman–Crippen MR) is 95.4 cm³/mol. The van der Waals surface area contributed by atoms with E-state index >= 15 is 0 Å². The molecule has 0 amide bonds. The molecule has 4 aromatic rings. The van der Waals surface area contributed by atoms with Crippen molar-refractivity contribution in [2.45, 2.75) is 13.0 Å². The number of ether oxygens (including phenoxy) is 1. The highest BCUT2D eigenvalue weighted by molar-refractivity contribution is 6.32. The maximum Gasteiger partial charge on any atom is 0.233 e. The number of nitrogens with zero attached hydrogens (tertiary/aromatic N) is 6. The van der Waals surface area contributed by atoms with Crippen molar-refractivity contribution in [3.05, 3.63) is 35.6 Å². The molecule has 0 unspecified atom stereocenters. The molecule has 0 spiro atoms. The first-order chi connectivity index (χ1) is 12.5. The molecule has 0 bridgehead atoms. The average Bonchev–Trinajstić information content (AvgIpc) is 3.34. The van der Waals surface area contributed by atoms with Gasteiger partial charge in [-0.3, -0.25) is 5.10 Å². The highest BCUT2D eigenvalue weighted by Gasteiger charge is 2.24. The van der Waals surface area contributed by atoms with Gasteiger partial charge in [0, 0.05) is 19.4 Å². The minimum atomic E-state index is -0.754. The Morgan fingerprint density at radius 3 is 2.77 bits per heavy atom. The number of aryl methyl sites for hydroxylation is 1. The fourth-order valence-electron chi connectivity index (χ4n) is 2.89. The average molecular weight is 374 g/mol. The van der Waals surface area contributed by atoms with Crippen LogP contribution in [-0.2, 0) is 7.05 Å². The zero-order valence-corrected chi connectivity index (χ0v) is 15.1. The van der Waals surface area contributed by atoms with Crippen LogP contribution in [0.15, 0.2) is 24.8 Å². The Morgan fingerprint density at radius 2 is 2.15 bits per heavy atom. The first-order valence-electron chi connectivity index (χ1n) is 7.83. The third kappa shape index (κ3) is 2.44. The number of aliphatic hydroxyl groups excluding tert-OH is 1. The number of pyridine rings is 1. The molecule has 0 saturated heterocycles. The molecular weight excluding hydrogens is 358 g/mol. The highest BCUT2D eigenvalue weighted by Crippen LogP contribution is 2.37. The van der Waals surface area contributed by atoms with Crippen LogP contribution in [-0.4, -0.2) is 46.5 Å². The highest BCUT2D eigenvalue weighted by atomic mass is 35.5. The van der Waals surface area contributed by atoms with Gasteiger partial charge in [-0.25, -0.2) is 15.0 Å². The van der Waals surface area contributed by atoms with E-state index in [1.807, 2.05) is 22.4 Å². The number of hydrogen-bond acceptors (Lipinski definition) is 6. The Labute approximate surface area is 153 Å². The summed E-state index contributed by atoms with van der Waals surface area (Å²) in [6, 6.07) is 1.79. The van der Waals surface area contributed by atoms with E-state index in [0.717, 1.165) is 11.2 Å². The lowest BCUT2D eigenvalue weighted by molar-refractivity contribution is 0.189. The fourth-order valence-corrected chi connectivity index (χ4v) is 3.11. The van der Waals surface area contributed by atoms with Crippen molar-refractivity contribution in [1.29, 1.82) is 0 Å². The molecule has 9 nitrogen and oxygen atoms in total. The summed E-state index contributed by atoms with van der Waals surface area (Å²) in [5.74, 6) is 1.14. The molecule has 4 aromatic heterocycles. The van der Waals surface area contributed by atoms with E-state index < -0.39 is 6.10 Å². The van der Waals surface area contributed by atoms with E-state index in [0.29, 0.717) is 33.8 Å². The largest absolute Gasteiger partial charge is 0.480 e. The fraction of sp³-hybridized carbons (Fsp3) is 0.250. The molecule has 0 aliphatic heterocycles. The lowest BCUT2D eigenvalue weighted by Gasteiger charge is -2.05. The quantitative estimate of drug-likeness (QED) is 0.568. The summed E-state index contributed by atoms with van der Waals surface area (Å²) in [7, 11) is 3.39. The Hall–Kier alpha value is -2.91. The summed E-state index contributed by atoms with van der Waals surface area (Å²) in [5, 5.41) is 17.2. The standard InChI is InChI=1S/C16H16ClN7O2/c1-8(25)14-20-15(22-21-14)13-12(24-5-4-18-7-24)11-10(23(13)2)6-9(17)16(19-11)26-3/h4-8,25H,1-3H3,(H,20,21,22)/t8-/m1/s1. The van der Waals surface area contributed by atoms with Crippen LogP contribution in [0.25, 0.3) is 28.2 Å². The molecule has 0 radical (unpaired) electrons. The van der Waals surface area contributed by atoms with E-state index in [1.54, 1.807) is 25.5 Å². The molecule has 0 saturated carbocycles. The molecule has 0 aromatic carbocycles. The number of aromatic amines is 1. The van der Waals surface area contributed by atoms with Gasteiger partial charge < -0.3 is 19.0 Å².